The molecule has 3 aromatic rings. The van der Waals surface area contributed by atoms with Crippen LogP contribution in [0.4, 0.5) is 0 Å². The Kier molecular flexibility index (Phi) is 5.54. The monoisotopic (exact) mass is 388 g/mol. The lowest BCUT2D eigenvalue weighted by atomic mass is 10.1. The van der Waals surface area contributed by atoms with Crippen molar-refractivity contribution in [2.75, 3.05) is 26.2 Å². The fraction of sp³-hybridized carbons (Fsp3) is 0.364. The lowest BCUT2D eigenvalue weighted by Gasteiger charge is -2.22. The molecule has 0 atom stereocenters. The molecule has 1 fully saturated rings. The minimum atomic E-state index is 0.0539. The number of amides is 1. The molecule has 0 saturated carbocycles. The van der Waals surface area contributed by atoms with Crippen molar-refractivity contribution < 1.29 is 4.79 Å². The van der Waals surface area contributed by atoms with E-state index in [1.807, 2.05) is 59.0 Å². The summed E-state index contributed by atoms with van der Waals surface area (Å²) in [5, 5.41) is 17.2. The molecule has 0 N–H and O–H groups in total. The zero-order valence-corrected chi connectivity index (χ0v) is 16.6. The Labute approximate surface area is 170 Å². The summed E-state index contributed by atoms with van der Waals surface area (Å²) in [6.45, 7) is 6.85. The van der Waals surface area contributed by atoms with E-state index >= 15 is 0 Å². The van der Waals surface area contributed by atoms with Gasteiger partial charge in [0.15, 0.2) is 0 Å². The third-order valence-electron chi connectivity index (χ3n) is 5.43. The second-order valence-corrected chi connectivity index (χ2v) is 7.34. The van der Waals surface area contributed by atoms with Crippen LogP contribution in [0.15, 0.2) is 42.5 Å². The Morgan fingerprint density at radius 2 is 1.93 bits per heavy atom. The van der Waals surface area contributed by atoms with Crippen molar-refractivity contribution in [2.45, 2.75) is 26.4 Å². The number of rotatable bonds is 4. The normalized spacial score (nSPS) is 15.2. The number of nitriles is 1. The fourth-order valence-corrected chi connectivity index (χ4v) is 3.80. The van der Waals surface area contributed by atoms with E-state index in [2.05, 4.69) is 21.3 Å². The SMILES string of the molecule is CCn1nnc2cc(C(=O)N3CCCN(Cc4ccc(C#N)cc4)CC3)ccc21. The summed E-state index contributed by atoms with van der Waals surface area (Å²) in [5.74, 6) is 0.0539. The van der Waals surface area contributed by atoms with Gasteiger partial charge in [-0.2, -0.15) is 5.26 Å². The predicted octanol–water partition coefficient (Wildman–Crippen LogP) is 2.67. The van der Waals surface area contributed by atoms with Crippen LogP contribution < -0.4 is 0 Å². The maximum Gasteiger partial charge on any atom is 0.253 e. The number of aromatic nitrogens is 3. The maximum atomic E-state index is 13.0. The van der Waals surface area contributed by atoms with Crippen LogP contribution in [0.3, 0.4) is 0 Å². The number of aryl methyl sites for hydroxylation is 1. The summed E-state index contributed by atoms with van der Waals surface area (Å²) in [4.78, 5) is 17.3. The Hall–Kier alpha value is -3.24. The number of fused-ring (bicyclic) bond motifs is 1. The molecule has 4 rings (SSSR count). The van der Waals surface area contributed by atoms with E-state index in [0.29, 0.717) is 17.7 Å². The van der Waals surface area contributed by atoms with Gasteiger partial charge in [-0.15, -0.1) is 5.10 Å². The average molecular weight is 388 g/mol. The first kappa shape index (κ1) is 19.1. The molecule has 0 bridgehead atoms. The van der Waals surface area contributed by atoms with E-state index in [9.17, 15) is 4.79 Å². The van der Waals surface area contributed by atoms with Gasteiger partial charge in [0, 0.05) is 44.8 Å². The average Bonchev–Trinajstić information content (AvgIpc) is 3.03. The molecule has 7 heteroatoms. The van der Waals surface area contributed by atoms with Crippen LogP contribution in [0.1, 0.15) is 34.8 Å². The first-order valence-electron chi connectivity index (χ1n) is 10.0. The molecule has 0 radical (unpaired) electrons. The van der Waals surface area contributed by atoms with Gasteiger partial charge < -0.3 is 4.90 Å². The third-order valence-corrected chi connectivity index (χ3v) is 5.43. The van der Waals surface area contributed by atoms with Gasteiger partial charge >= 0.3 is 0 Å². The molecule has 0 spiro atoms. The summed E-state index contributed by atoms with van der Waals surface area (Å²) in [6, 6.07) is 15.5. The lowest BCUT2D eigenvalue weighted by Crippen LogP contribution is -2.35. The van der Waals surface area contributed by atoms with E-state index in [1.165, 1.54) is 5.56 Å². The molecule has 2 aromatic carbocycles. The second kappa shape index (κ2) is 8.41. The molecule has 1 aliphatic rings. The molecule has 148 valence electrons. The Morgan fingerprint density at radius 1 is 1.10 bits per heavy atom. The Morgan fingerprint density at radius 3 is 2.69 bits per heavy atom. The molecule has 2 heterocycles. The first-order valence-corrected chi connectivity index (χ1v) is 10.0. The van der Waals surface area contributed by atoms with Gasteiger partial charge in [0.25, 0.3) is 5.91 Å². The van der Waals surface area contributed by atoms with Crippen LogP contribution in [0, 0.1) is 11.3 Å². The van der Waals surface area contributed by atoms with Gasteiger partial charge in [0.2, 0.25) is 0 Å². The predicted molar refractivity (Wildman–Crippen MR) is 110 cm³/mol. The standard InChI is InChI=1S/C22H24N6O/c1-2-28-21-9-8-19(14-20(21)24-25-28)22(29)27-11-3-10-26(12-13-27)16-18-6-4-17(15-23)5-7-18/h4-9,14H,2-3,10-13,16H2,1H3. The first-order chi connectivity index (χ1) is 14.2. The van der Waals surface area contributed by atoms with Crippen molar-refractivity contribution in [2.24, 2.45) is 0 Å². The van der Waals surface area contributed by atoms with Crippen LogP contribution in [-0.4, -0.2) is 56.9 Å². The summed E-state index contributed by atoms with van der Waals surface area (Å²) < 4.78 is 1.83. The molecule has 29 heavy (non-hydrogen) atoms. The Balaban J connectivity index is 1.41. The van der Waals surface area contributed by atoms with Crippen molar-refractivity contribution in [1.29, 1.82) is 5.26 Å². The number of carbonyl (C=O) groups excluding carboxylic acids is 1. The van der Waals surface area contributed by atoms with E-state index in [4.69, 9.17) is 5.26 Å². The van der Waals surface area contributed by atoms with Crippen LogP contribution in [0.2, 0.25) is 0 Å². The highest BCUT2D eigenvalue weighted by Gasteiger charge is 2.21. The summed E-state index contributed by atoms with van der Waals surface area (Å²) in [7, 11) is 0. The third kappa shape index (κ3) is 4.13. The van der Waals surface area contributed by atoms with E-state index in [1.54, 1.807) is 0 Å². The molecular formula is C22H24N6O. The molecule has 1 aliphatic heterocycles. The van der Waals surface area contributed by atoms with Gasteiger partial charge in [-0.1, -0.05) is 17.3 Å². The van der Waals surface area contributed by atoms with Crippen molar-refractivity contribution in [1.82, 2.24) is 24.8 Å². The molecule has 1 saturated heterocycles. The maximum absolute atomic E-state index is 13.0. The molecule has 0 unspecified atom stereocenters. The number of hydrogen-bond donors (Lipinski definition) is 0. The highest BCUT2D eigenvalue weighted by molar-refractivity contribution is 5.97. The van der Waals surface area contributed by atoms with Crippen molar-refractivity contribution >= 4 is 16.9 Å². The lowest BCUT2D eigenvalue weighted by molar-refractivity contribution is 0.0761. The molecule has 0 aliphatic carbocycles. The smallest absolute Gasteiger partial charge is 0.253 e. The van der Waals surface area contributed by atoms with Gasteiger partial charge in [0.05, 0.1) is 17.1 Å². The highest BCUT2D eigenvalue weighted by Crippen LogP contribution is 2.17. The molecule has 7 nitrogen and oxygen atoms in total. The van der Waals surface area contributed by atoms with Crippen LogP contribution in [-0.2, 0) is 13.1 Å². The molecule has 1 aromatic heterocycles. The largest absolute Gasteiger partial charge is 0.337 e. The van der Waals surface area contributed by atoms with Gasteiger partial charge in [-0.3, -0.25) is 9.69 Å². The van der Waals surface area contributed by atoms with Crippen molar-refractivity contribution in [3.05, 3.63) is 59.2 Å². The van der Waals surface area contributed by atoms with Gasteiger partial charge in [-0.05, 0) is 49.2 Å². The zero-order valence-electron chi connectivity index (χ0n) is 16.6. The van der Waals surface area contributed by atoms with Gasteiger partial charge in [0.1, 0.15) is 5.52 Å². The van der Waals surface area contributed by atoms with E-state index < -0.39 is 0 Å². The summed E-state index contributed by atoms with van der Waals surface area (Å²) in [6.07, 6.45) is 0.941. The number of nitrogens with zero attached hydrogens (tertiary/aromatic N) is 6. The minimum Gasteiger partial charge on any atom is -0.337 e. The van der Waals surface area contributed by atoms with E-state index in [0.717, 1.165) is 50.2 Å². The quantitative estimate of drug-likeness (QED) is 0.687. The molecule has 1 amide bonds. The zero-order chi connectivity index (χ0) is 20.2. The van der Waals surface area contributed by atoms with Crippen LogP contribution in [0.5, 0.6) is 0 Å². The highest BCUT2D eigenvalue weighted by atomic mass is 16.2. The number of carbonyl (C=O) groups is 1. The van der Waals surface area contributed by atoms with Crippen LogP contribution in [0.25, 0.3) is 11.0 Å². The molecular weight excluding hydrogens is 364 g/mol. The topological polar surface area (TPSA) is 78.1 Å². The summed E-state index contributed by atoms with van der Waals surface area (Å²) >= 11 is 0. The van der Waals surface area contributed by atoms with Crippen molar-refractivity contribution in [3.63, 3.8) is 0 Å². The van der Waals surface area contributed by atoms with E-state index in [-0.39, 0.29) is 5.91 Å². The Bertz CT molecular complexity index is 1050. The van der Waals surface area contributed by atoms with Crippen molar-refractivity contribution in [3.8, 4) is 6.07 Å². The summed E-state index contributed by atoms with van der Waals surface area (Å²) in [5.41, 5.74) is 4.25. The second-order valence-electron chi connectivity index (χ2n) is 7.34. The van der Waals surface area contributed by atoms with Crippen LogP contribution >= 0.6 is 0 Å². The number of hydrogen-bond acceptors (Lipinski definition) is 5. The fourth-order valence-electron chi connectivity index (χ4n) is 3.80. The number of benzene rings is 2. The minimum absolute atomic E-state index is 0.0539. The van der Waals surface area contributed by atoms with Gasteiger partial charge in [-0.25, -0.2) is 4.68 Å².